The Kier molecular flexibility index (Phi) is 10.1. The summed E-state index contributed by atoms with van der Waals surface area (Å²) in [7, 11) is 1.64. The number of nitrogens with zero attached hydrogens (tertiary/aromatic N) is 4. The van der Waals surface area contributed by atoms with Gasteiger partial charge in [-0.2, -0.15) is 0 Å². The zero-order valence-electron chi connectivity index (χ0n) is 25.6. The summed E-state index contributed by atoms with van der Waals surface area (Å²) in [5.41, 5.74) is 1.91. The average molecular weight is 631 g/mol. The second kappa shape index (κ2) is 14.3. The fraction of sp³-hybridized carbons (Fsp3) is 0.406. The van der Waals surface area contributed by atoms with Gasteiger partial charge in [-0.05, 0) is 25.1 Å². The maximum atomic E-state index is 14.3. The van der Waals surface area contributed by atoms with Crippen molar-refractivity contribution in [2.75, 3.05) is 13.6 Å². The number of fused-ring (bicyclic) bond motifs is 5. The number of hydrogen-bond donors (Lipinski definition) is 5. The zero-order valence-corrected chi connectivity index (χ0v) is 25.6. The molecule has 5 N–H and O–H groups in total. The van der Waals surface area contributed by atoms with Crippen molar-refractivity contribution >= 4 is 29.6 Å². The fourth-order valence-corrected chi connectivity index (χ4v) is 5.77. The van der Waals surface area contributed by atoms with Crippen molar-refractivity contribution in [2.24, 2.45) is 0 Å². The third-order valence-electron chi connectivity index (χ3n) is 8.46. The first-order valence-electron chi connectivity index (χ1n) is 15.2. The van der Waals surface area contributed by atoms with E-state index in [2.05, 4.69) is 31.6 Å². The Labute approximate surface area is 265 Å². The van der Waals surface area contributed by atoms with Crippen molar-refractivity contribution in [3.63, 3.8) is 0 Å². The summed E-state index contributed by atoms with van der Waals surface area (Å²) >= 11 is 0. The van der Waals surface area contributed by atoms with E-state index >= 15 is 0 Å². The van der Waals surface area contributed by atoms with Crippen LogP contribution < -0.4 is 21.3 Å². The number of benzene rings is 2. The molecule has 2 aromatic carbocycles. The molecule has 14 nitrogen and oxygen atoms in total. The van der Waals surface area contributed by atoms with Gasteiger partial charge < -0.3 is 31.3 Å². The molecule has 3 aromatic rings. The summed E-state index contributed by atoms with van der Waals surface area (Å²) in [4.78, 5) is 68.3. The first-order chi connectivity index (χ1) is 22.1. The molecule has 0 saturated carbocycles. The molecule has 0 spiro atoms. The Morgan fingerprint density at radius 3 is 2.33 bits per heavy atom. The standard InChI is InChI=1S/C32H38N8O6/c1-19(33-2)28(41)35-25(14-21-11-7-4-8-12-21)31(44)39-18-23-16-27(39)30(43)34-24(13-20-9-5-3-6-10-20)29(42)36-26(32(45)46)15-22-17-40(23)38-37-22/h3-12,17,19,23-27,33H,13-16,18H2,1-2H3,(H,34,43)(H,35,41)(H,36,42)(H,45,46). The predicted octanol–water partition coefficient (Wildman–Crippen LogP) is -0.391. The van der Waals surface area contributed by atoms with Crippen molar-refractivity contribution in [3.8, 4) is 0 Å². The summed E-state index contributed by atoms with van der Waals surface area (Å²) in [6.45, 7) is 1.76. The molecule has 4 amide bonds. The molecule has 2 aliphatic heterocycles. The molecule has 1 aromatic heterocycles. The highest BCUT2D eigenvalue weighted by atomic mass is 16.4. The van der Waals surface area contributed by atoms with Gasteiger partial charge in [0.15, 0.2) is 0 Å². The molecule has 6 atom stereocenters. The van der Waals surface area contributed by atoms with Gasteiger partial charge >= 0.3 is 5.97 Å². The SMILES string of the molecule is CNC(C)C(=O)NC(Cc1ccccc1)C(=O)N1CC2CC1C(=O)NC(Cc1ccccc1)C(=O)NC(C(=O)O)Cc1cn2nn1. The number of carbonyl (C=O) groups is 5. The molecule has 46 heavy (non-hydrogen) atoms. The van der Waals surface area contributed by atoms with Crippen LogP contribution >= 0.6 is 0 Å². The van der Waals surface area contributed by atoms with Crippen LogP contribution in [0.5, 0.6) is 0 Å². The molecule has 5 rings (SSSR count). The van der Waals surface area contributed by atoms with Crippen molar-refractivity contribution in [2.45, 2.75) is 68.9 Å². The van der Waals surface area contributed by atoms with E-state index in [1.54, 1.807) is 44.4 Å². The van der Waals surface area contributed by atoms with Gasteiger partial charge in [0.2, 0.25) is 23.6 Å². The maximum Gasteiger partial charge on any atom is 0.326 e. The van der Waals surface area contributed by atoms with E-state index < -0.39 is 59.9 Å². The lowest BCUT2D eigenvalue weighted by molar-refractivity contribution is -0.143. The number of carbonyl (C=O) groups excluding carboxylic acids is 4. The van der Waals surface area contributed by atoms with Crippen LogP contribution in [0.1, 0.15) is 36.2 Å². The number of carboxylic acids is 1. The van der Waals surface area contributed by atoms with Gasteiger partial charge in [-0.15, -0.1) is 5.10 Å². The van der Waals surface area contributed by atoms with Gasteiger partial charge in [0, 0.05) is 38.4 Å². The van der Waals surface area contributed by atoms with Crippen LogP contribution in [-0.4, -0.2) is 98.4 Å². The Balaban J connectivity index is 1.49. The molecular formula is C32H38N8O6. The van der Waals surface area contributed by atoms with Crippen LogP contribution in [-0.2, 0) is 43.2 Å². The van der Waals surface area contributed by atoms with Crippen molar-refractivity contribution in [3.05, 3.63) is 83.7 Å². The summed E-state index contributed by atoms with van der Waals surface area (Å²) in [5.74, 6) is -3.33. The molecule has 1 fully saturated rings. The lowest BCUT2D eigenvalue weighted by Gasteiger charge is -2.30. The van der Waals surface area contributed by atoms with Crippen molar-refractivity contribution in [1.29, 1.82) is 0 Å². The van der Waals surface area contributed by atoms with Crippen molar-refractivity contribution in [1.82, 2.24) is 41.2 Å². The average Bonchev–Trinajstić information content (AvgIpc) is 3.71. The van der Waals surface area contributed by atoms with Gasteiger partial charge in [0.1, 0.15) is 24.2 Å². The second-order valence-electron chi connectivity index (χ2n) is 11.7. The highest BCUT2D eigenvalue weighted by Gasteiger charge is 2.44. The Morgan fingerprint density at radius 1 is 1.00 bits per heavy atom. The van der Waals surface area contributed by atoms with Crippen LogP contribution in [0.4, 0.5) is 0 Å². The van der Waals surface area contributed by atoms with Crippen LogP contribution in [0.25, 0.3) is 0 Å². The minimum atomic E-state index is -1.30. The number of aliphatic carboxylic acids is 1. The molecule has 14 heteroatoms. The number of likely N-dealkylation sites (N-methyl/N-ethyl adjacent to an activating group) is 1. The van der Waals surface area contributed by atoms with E-state index in [0.29, 0.717) is 5.69 Å². The monoisotopic (exact) mass is 630 g/mol. The van der Waals surface area contributed by atoms with E-state index in [1.807, 2.05) is 36.4 Å². The molecule has 0 aliphatic carbocycles. The first-order valence-corrected chi connectivity index (χ1v) is 15.2. The molecule has 4 bridgehead atoms. The van der Waals surface area contributed by atoms with E-state index in [0.717, 1.165) is 11.1 Å². The van der Waals surface area contributed by atoms with Crippen molar-refractivity contribution < 1.29 is 29.1 Å². The number of hydrogen-bond acceptors (Lipinski definition) is 8. The largest absolute Gasteiger partial charge is 0.480 e. The molecule has 3 heterocycles. The Hall–Kier alpha value is -5.11. The smallest absolute Gasteiger partial charge is 0.326 e. The van der Waals surface area contributed by atoms with Gasteiger partial charge in [-0.3, -0.25) is 19.2 Å². The number of likely N-dealkylation sites (tertiary alicyclic amines) is 1. The second-order valence-corrected chi connectivity index (χ2v) is 11.7. The highest BCUT2D eigenvalue weighted by Crippen LogP contribution is 2.29. The molecule has 6 unspecified atom stereocenters. The molecule has 1 saturated heterocycles. The van der Waals surface area contributed by atoms with E-state index in [9.17, 15) is 29.1 Å². The molecule has 2 aliphatic rings. The number of carboxylic acid groups (broad SMARTS) is 1. The lowest BCUT2D eigenvalue weighted by atomic mass is 10.0. The van der Waals surface area contributed by atoms with Gasteiger partial charge in [-0.25, -0.2) is 9.48 Å². The number of rotatable bonds is 9. The molecule has 0 radical (unpaired) electrons. The topological polar surface area (TPSA) is 188 Å². The van der Waals surface area contributed by atoms with Crippen LogP contribution in [0, 0.1) is 0 Å². The van der Waals surface area contributed by atoms with Gasteiger partial charge in [-0.1, -0.05) is 65.9 Å². The summed E-state index contributed by atoms with van der Waals surface area (Å²) < 4.78 is 1.52. The van der Waals surface area contributed by atoms with Gasteiger partial charge in [0.25, 0.3) is 0 Å². The summed E-state index contributed by atoms with van der Waals surface area (Å²) in [6, 6.07) is 12.8. The third-order valence-corrected chi connectivity index (χ3v) is 8.46. The third kappa shape index (κ3) is 7.57. The number of amides is 4. The van der Waals surface area contributed by atoms with E-state index in [4.69, 9.17) is 0 Å². The number of nitrogens with one attached hydrogen (secondary N) is 4. The minimum Gasteiger partial charge on any atom is -0.480 e. The highest BCUT2D eigenvalue weighted by molar-refractivity contribution is 5.96. The summed E-state index contributed by atoms with van der Waals surface area (Å²) in [6.07, 6.45) is 1.91. The minimum absolute atomic E-state index is 0.0837. The van der Waals surface area contributed by atoms with Crippen LogP contribution in [0.2, 0.25) is 0 Å². The first kappa shape index (κ1) is 32.3. The fourth-order valence-electron chi connectivity index (χ4n) is 5.77. The lowest BCUT2D eigenvalue weighted by Crippen LogP contribution is -2.59. The zero-order chi connectivity index (χ0) is 32.8. The van der Waals surface area contributed by atoms with E-state index in [1.165, 1.54) is 9.58 Å². The predicted molar refractivity (Wildman–Crippen MR) is 165 cm³/mol. The maximum absolute atomic E-state index is 14.3. The quantitative estimate of drug-likeness (QED) is 0.210. The Morgan fingerprint density at radius 2 is 1.67 bits per heavy atom. The summed E-state index contributed by atoms with van der Waals surface area (Å²) in [5, 5.41) is 29.2. The Bertz CT molecular complexity index is 1560. The van der Waals surface area contributed by atoms with Gasteiger partial charge in [0.05, 0.1) is 17.8 Å². The normalized spacial score (nSPS) is 22.7. The van der Waals surface area contributed by atoms with E-state index in [-0.39, 0.29) is 38.1 Å². The molecule has 242 valence electrons. The van der Waals surface area contributed by atoms with Crippen LogP contribution in [0.3, 0.4) is 0 Å². The van der Waals surface area contributed by atoms with Crippen LogP contribution in [0.15, 0.2) is 66.9 Å². The number of aromatic nitrogens is 3. The molecular weight excluding hydrogens is 592 g/mol.